The lowest BCUT2D eigenvalue weighted by molar-refractivity contribution is 0.546. The van der Waals surface area contributed by atoms with Crippen molar-refractivity contribution in [3.05, 3.63) is 47.8 Å². The number of hydrogen-bond donors (Lipinski definition) is 2. The smallest absolute Gasteiger partial charge is 0.244 e. The maximum absolute atomic E-state index is 12.2. The van der Waals surface area contributed by atoms with Crippen LogP contribution in [-0.4, -0.2) is 24.7 Å². The molecule has 20 heavy (non-hydrogen) atoms. The van der Waals surface area contributed by atoms with Crippen LogP contribution in [0.3, 0.4) is 0 Å². The Morgan fingerprint density at radius 1 is 1.30 bits per heavy atom. The highest BCUT2D eigenvalue weighted by atomic mass is 32.2. The molecule has 0 radical (unpaired) electrons. The monoisotopic (exact) mass is 293 g/mol. The molecular formula is C14H19N3O2S. The molecule has 0 spiro atoms. The third-order valence-electron chi connectivity index (χ3n) is 3.14. The molecule has 1 unspecified atom stereocenters. The number of benzene rings is 1. The van der Waals surface area contributed by atoms with Gasteiger partial charge in [0.15, 0.2) is 0 Å². The Hall–Kier alpha value is -1.66. The summed E-state index contributed by atoms with van der Waals surface area (Å²) in [4.78, 5) is 0.212. The number of sulfonamides is 1. The number of nitrogens with zero attached hydrogens (tertiary/aromatic N) is 1. The molecule has 0 fully saturated rings. The molecule has 6 heteroatoms. The molecule has 5 nitrogen and oxygen atoms in total. The van der Waals surface area contributed by atoms with E-state index in [1.165, 1.54) is 11.8 Å². The zero-order valence-electron chi connectivity index (χ0n) is 11.6. The lowest BCUT2D eigenvalue weighted by Crippen LogP contribution is -2.33. The molecule has 1 atom stereocenters. The number of hydrogen-bond acceptors (Lipinski definition) is 3. The van der Waals surface area contributed by atoms with E-state index in [0.717, 1.165) is 12.8 Å². The van der Waals surface area contributed by atoms with Gasteiger partial charge in [0, 0.05) is 6.04 Å². The van der Waals surface area contributed by atoms with Crippen LogP contribution in [0.25, 0.3) is 0 Å². The highest BCUT2D eigenvalue weighted by Crippen LogP contribution is 2.13. The minimum absolute atomic E-state index is 0.130. The summed E-state index contributed by atoms with van der Waals surface area (Å²) in [5.41, 5.74) is 1.76. The predicted octanol–water partition coefficient (Wildman–Crippen LogP) is 2.02. The number of H-pyrrole nitrogens is 1. The average Bonchev–Trinajstić information content (AvgIpc) is 2.84. The normalized spacial score (nSPS) is 13.3. The van der Waals surface area contributed by atoms with Crippen molar-refractivity contribution >= 4 is 10.0 Å². The molecule has 1 aromatic carbocycles. The van der Waals surface area contributed by atoms with E-state index in [-0.39, 0.29) is 10.9 Å². The quantitative estimate of drug-likeness (QED) is 0.855. The largest absolute Gasteiger partial charge is 0.281 e. The van der Waals surface area contributed by atoms with Gasteiger partial charge < -0.3 is 0 Å². The third-order valence-corrected chi connectivity index (χ3v) is 4.84. The minimum Gasteiger partial charge on any atom is -0.281 e. The fourth-order valence-electron chi connectivity index (χ4n) is 2.03. The highest BCUT2D eigenvalue weighted by Gasteiger charge is 2.20. The van der Waals surface area contributed by atoms with E-state index in [1.54, 1.807) is 6.92 Å². The standard InChI is InChI=1S/C14H19N3O2S/c1-11(8-9-13-6-4-3-5-7-13)17-20(18,19)14-10-15-16-12(14)2/h3-7,10-11,17H,8-9H2,1-2H3,(H,15,16). The molecule has 2 N–H and O–H groups in total. The summed E-state index contributed by atoms with van der Waals surface area (Å²) in [7, 11) is -3.49. The van der Waals surface area contributed by atoms with Crippen molar-refractivity contribution in [1.29, 1.82) is 0 Å². The SMILES string of the molecule is Cc1[nH]ncc1S(=O)(=O)NC(C)CCc1ccccc1. The number of aromatic nitrogens is 2. The molecule has 0 bridgehead atoms. The Bertz CT molecular complexity index is 650. The topological polar surface area (TPSA) is 74.8 Å². The van der Waals surface area contributed by atoms with Crippen molar-refractivity contribution in [3.63, 3.8) is 0 Å². The van der Waals surface area contributed by atoms with Crippen LogP contribution in [0.4, 0.5) is 0 Å². The fourth-order valence-corrected chi connectivity index (χ4v) is 3.44. The van der Waals surface area contributed by atoms with E-state index in [2.05, 4.69) is 14.9 Å². The molecule has 0 saturated heterocycles. The van der Waals surface area contributed by atoms with Gasteiger partial charge in [0.2, 0.25) is 10.0 Å². The molecule has 2 aromatic rings. The maximum atomic E-state index is 12.2. The molecule has 0 aliphatic carbocycles. The summed E-state index contributed by atoms with van der Waals surface area (Å²) in [6.45, 7) is 3.56. The third kappa shape index (κ3) is 3.68. The second-order valence-electron chi connectivity index (χ2n) is 4.91. The summed E-state index contributed by atoms with van der Waals surface area (Å²) < 4.78 is 27.0. The van der Waals surface area contributed by atoms with E-state index < -0.39 is 10.0 Å². The first kappa shape index (κ1) is 14.7. The van der Waals surface area contributed by atoms with Gasteiger partial charge in [-0.3, -0.25) is 5.10 Å². The Balaban J connectivity index is 1.95. The molecule has 0 saturated carbocycles. The molecule has 2 rings (SSSR count). The van der Waals surface area contributed by atoms with Crippen LogP contribution in [0.5, 0.6) is 0 Å². The zero-order valence-corrected chi connectivity index (χ0v) is 12.4. The van der Waals surface area contributed by atoms with Crippen LogP contribution >= 0.6 is 0 Å². The minimum atomic E-state index is -3.49. The first-order valence-electron chi connectivity index (χ1n) is 6.55. The van der Waals surface area contributed by atoms with E-state index >= 15 is 0 Å². The maximum Gasteiger partial charge on any atom is 0.244 e. The summed E-state index contributed by atoms with van der Waals surface area (Å²) in [5, 5.41) is 6.38. The molecule has 108 valence electrons. The fraction of sp³-hybridized carbons (Fsp3) is 0.357. The second kappa shape index (κ2) is 6.19. The van der Waals surface area contributed by atoms with Crippen molar-refractivity contribution in [2.45, 2.75) is 37.6 Å². The van der Waals surface area contributed by atoms with Gasteiger partial charge in [-0.1, -0.05) is 30.3 Å². The van der Waals surface area contributed by atoms with Gasteiger partial charge in [0.25, 0.3) is 0 Å². The van der Waals surface area contributed by atoms with Crippen LogP contribution in [0, 0.1) is 6.92 Å². The van der Waals surface area contributed by atoms with Crippen LogP contribution in [0.1, 0.15) is 24.6 Å². The molecular weight excluding hydrogens is 274 g/mol. The van der Waals surface area contributed by atoms with Gasteiger partial charge >= 0.3 is 0 Å². The molecule has 0 aliphatic rings. The number of aryl methyl sites for hydroxylation is 2. The Kier molecular flexibility index (Phi) is 4.57. The van der Waals surface area contributed by atoms with Crippen LogP contribution in [0.2, 0.25) is 0 Å². The van der Waals surface area contributed by atoms with Crippen molar-refractivity contribution in [2.75, 3.05) is 0 Å². The Labute approximate surface area is 119 Å². The van der Waals surface area contributed by atoms with Gasteiger partial charge in [-0.25, -0.2) is 13.1 Å². The van der Waals surface area contributed by atoms with E-state index in [1.807, 2.05) is 37.3 Å². The molecule has 0 amide bonds. The molecule has 1 aromatic heterocycles. The van der Waals surface area contributed by atoms with Crippen LogP contribution < -0.4 is 4.72 Å². The van der Waals surface area contributed by atoms with E-state index in [0.29, 0.717) is 5.69 Å². The summed E-state index contributed by atoms with van der Waals surface area (Å²) >= 11 is 0. The number of rotatable bonds is 6. The lowest BCUT2D eigenvalue weighted by atomic mass is 10.1. The van der Waals surface area contributed by atoms with E-state index in [9.17, 15) is 8.42 Å². The first-order valence-corrected chi connectivity index (χ1v) is 8.03. The van der Waals surface area contributed by atoms with Gasteiger partial charge in [-0.2, -0.15) is 5.10 Å². The Morgan fingerprint density at radius 2 is 2.00 bits per heavy atom. The summed E-state index contributed by atoms with van der Waals surface area (Å²) in [6.07, 6.45) is 2.93. The highest BCUT2D eigenvalue weighted by molar-refractivity contribution is 7.89. The number of aromatic amines is 1. The average molecular weight is 293 g/mol. The second-order valence-corrected chi connectivity index (χ2v) is 6.59. The van der Waals surface area contributed by atoms with Crippen molar-refractivity contribution in [2.24, 2.45) is 0 Å². The van der Waals surface area contributed by atoms with Crippen molar-refractivity contribution in [3.8, 4) is 0 Å². The lowest BCUT2D eigenvalue weighted by Gasteiger charge is -2.13. The van der Waals surface area contributed by atoms with Gasteiger partial charge in [0.05, 0.1) is 11.9 Å². The first-order chi connectivity index (χ1) is 9.49. The van der Waals surface area contributed by atoms with Crippen molar-refractivity contribution < 1.29 is 8.42 Å². The van der Waals surface area contributed by atoms with Crippen LogP contribution in [-0.2, 0) is 16.4 Å². The van der Waals surface area contributed by atoms with Gasteiger partial charge in [-0.15, -0.1) is 0 Å². The van der Waals surface area contributed by atoms with Gasteiger partial charge in [-0.05, 0) is 32.3 Å². The van der Waals surface area contributed by atoms with Crippen molar-refractivity contribution in [1.82, 2.24) is 14.9 Å². The van der Waals surface area contributed by atoms with Crippen LogP contribution in [0.15, 0.2) is 41.4 Å². The summed E-state index contributed by atoms with van der Waals surface area (Å²) in [5.74, 6) is 0. The summed E-state index contributed by atoms with van der Waals surface area (Å²) in [6, 6.07) is 9.90. The van der Waals surface area contributed by atoms with Gasteiger partial charge in [0.1, 0.15) is 4.90 Å². The predicted molar refractivity (Wildman–Crippen MR) is 77.9 cm³/mol. The molecule has 1 heterocycles. The molecule has 0 aliphatic heterocycles. The van der Waals surface area contributed by atoms with E-state index in [4.69, 9.17) is 0 Å². The Morgan fingerprint density at radius 3 is 2.60 bits per heavy atom. The number of nitrogens with one attached hydrogen (secondary N) is 2. The zero-order chi connectivity index (χ0) is 14.6.